The summed E-state index contributed by atoms with van der Waals surface area (Å²) in [6.07, 6.45) is 0.305. The van der Waals surface area contributed by atoms with Crippen molar-refractivity contribution < 1.29 is 4.79 Å². The number of ketones is 1. The second-order valence-corrected chi connectivity index (χ2v) is 5.57. The first kappa shape index (κ1) is 12.3. The van der Waals surface area contributed by atoms with Gasteiger partial charge in [-0.25, -0.2) is 4.98 Å². The van der Waals surface area contributed by atoms with Crippen molar-refractivity contribution in [1.82, 2.24) is 4.98 Å². The minimum Gasteiger partial charge on any atom is -0.398 e. The van der Waals surface area contributed by atoms with Crippen molar-refractivity contribution in [3.05, 3.63) is 44.3 Å². The molecule has 0 fully saturated rings. The van der Waals surface area contributed by atoms with E-state index in [4.69, 9.17) is 5.73 Å². The highest BCUT2D eigenvalue weighted by molar-refractivity contribution is 9.10. The lowest BCUT2D eigenvalue weighted by Crippen LogP contribution is -2.06. The lowest BCUT2D eigenvalue weighted by molar-refractivity contribution is 0.0993. The van der Waals surface area contributed by atoms with Crippen molar-refractivity contribution in [3.63, 3.8) is 0 Å². The minimum atomic E-state index is -0.00171. The Labute approximate surface area is 112 Å². The summed E-state index contributed by atoms with van der Waals surface area (Å²) < 4.78 is 0.852. The molecule has 17 heavy (non-hydrogen) atoms. The van der Waals surface area contributed by atoms with Crippen LogP contribution in [0.4, 0.5) is 5.69 Å². The molecule has 5 heteroatoms. The molecule has 1 aromatic heterocycles. The highest BCUT2D eigenvalue weighted by Crippen LogP contribution is 2.21. The molecule has 2 aromatic rings. The van der Waals surface area contributed by atoms with Crippen LogP contribution in [0.5, 0.6) is 0 Å². The molecule has 88 valence electrons. The molecule has 2 rings (SSSR count). The number of Topliss-reactive ketones (excluding diaryl/α,β-unsaturated/α-hetero) is 1. The largest absolute Gasteiger partial charge is 0.398 e. The van der Waals surface area contributed by atoms with Gasteiger partial charge in [0.1, 0.15) is 5.01 Å². The van der Waals surface area contributed by atoms with Crippen LogP contribution < -0.4 is 5.73 Å². The maximum absolute atomic E-state index is 12.1. The van der Waals surface area contributed by atoms with Crippen LogP contribution in [0.1, 0.15) is 21.1 Å². The van der Waals surface area contributed by atoms with Crippen molar-refractivity contribution in [2.75, 3.05) is 5.73 Å². The topological polar surface area (TPSA) is 56.0 Å². The standard InChI is InChI=1S/C12H11BrN2OS/c1-7-6-17-12(15-7)5-11(16)9-4-8(13)2-3-10(9)14/h2-4,6H,5,14H2,1H3. The predicted octanol–water partition coefficient (Wildman–Crippen LogP) is 3.22. The van der Waals surface area contributed by atoms with Crippen molar-refractivity contribution in [2.24, 2.45) is 0 Å². The highest BCUT2D eigenvalue weighted by Gasteiger charge is 2.12. The molecule has 1 heterocycles. The van der Waals surface area contributed by atoms with Gasteiger partial charge in [0.2, 0.25) is 0 Å². The number of anilines is 1. The molecular weight excluding hydrogens is 300 g/mol. The molecule has 0 spiro atoms. The van der Waals surface area contributed by atoms with Crippen LogP contribution in [0.2, 0.25) is 0 Å². The van der Waals surface area contributed by atoms with Gasteiger partial charge in [-0.3, -0.25) is 4.79 Å². The molecule has 0 bridgehead atoms. The number of aryl methyl sites for hydroxylation is 1. The van der Waals surface area contributed by atoms with E-state index < -0.39 is 0 Å². The van der Waals surface area contributed by atoms with Crippen molar-refractivity contribution in [2.45, 2.75) is 13.3 Å². The molecule has 0 saturated heterocycles. The summed E-state index contributed by atoms with van der Waals surface area (Å²) in [6.45, 7) is 1.91. The number of thiazole rings is 1. The summed E-state index contributed by atoms with van der Waals surface area (Å²) in [5.41, 5.74) is 7.79. The fourth-order valence-electron chi connectivity index (χ4n) is 1.49. The fraction of sp³-hybridized carbons (Fsp3) is 0.167. The summed E-state index contributed by atoms with van der Waals surface area (Å²) >= 11 is 4.83. The number of benzene rings is 1. The third-order valence-electron chi connectivity index (χ3n) is 2.29. The minimum absolute atomic E-state index is 0.00171. The van der Waals surface area contributed by atoms with E-state index in [1.54, 1.807) is 12.1 Å². The van der Waals surface area contributed by atoms with Gasteiger partial charge in [-0.1, -0.05) is 15.9 Å². The highest BCUT2D eigenvalue weighted by atomic mass is 79.9. The van der Waals surface area contributed by atoms with Gasteiger partial charge in [-0.05, 0) is 25.1 Å². The van der Waals surface area contributed by atoms with Gasteiger partial charge in [-0.15, -0.1) is 11.3 Å². The van der Waals surface area contributed by atoms with Gasteiger partial charge >= 0.3 is 0 Å². The van der Waals surface area contributed by atoms with Crippen LogP contribution in [0, 0.1) is 6.92 Å². The molecule has 1 aromatic carbocycles. The monoisotopic (exact) mass is 310 g/mol. The van der Waals surface area contributed by atoms with Crippen LogP contribution in [0.25, 0.3) is 0 Å². The van der Waals surface area contributed by atoms with Gasteiger partial charge < -0.3 is 5.73 Å². The van der Waals surface area contributed by atoms with E-state index in [9.17, 15) is 4.79 Å². The van der Waals surface area contributed by atoms with Gasteiger partial charge in [0.25, 0.3) is 0 Å². The molecule has 0 unspecified atom stereocenters. The molecule has 0 saturated carbocycles. The third-order valence-corrected chi connectivity index (χ3v) is 3.75. The van der Waals surface area contributed by atoms with Crippen LogP contribution in [-0.4, -0.2) is 10.8 Å². The number of nitrogens with zero attached hydrogens (tertiary/aromatic N) is 1. The van der Waals surface area contributed by atoms with E-state index in [-0.39, 0.29) is 5.78 Å². The Morgan fingerprint density at radius 1 is 1.53 bits per heavy atom. The summed E-state index contributed by atoms with van der Waals surface area (Å²) in [6, 6.07) is 5.29. The maximum atomic E-state index is 12.1. The molecule has 0 atom stereocenters. The second-order valence-electron chi connectivity index (χ2n) is 3.71. The van der Waals surface area contributed by atoms with Crippen LogP contribution in [0.15, 0.2) is 28.1 Å². The van der Waals surface area contributed by atoms with E-state index >= 15 is 0 Å². The Bertz CT molecular complexity index is 565. The Morgan fingerprint density at radius 2 is 2.29 bits per heavy atom. The van der Waals surface area contributed by atoms with Crippen molar-refractivity contribution in [3.8, 4) is 0 Å². The molecular formula is C12H11BrN2OS. The molecule has 0 amide bonds. The predicted molar refractivity (Wildman–Crippen MR) is 73.4 cm³/mol. The first-order valence-electron chi connectivity index (χ1n) is 5.05. The zero-order valence-electron chi connectivity index (χ0n) is 9.24. The molecule has 0 radical (unpaired) electrons. The summed E-state index contributed by atoms with van der Waals surface area (Å²) in [5, 5.41) is 2.76. The SMILES string of the molecule is Cc1csc(CC(=O)c2cc(Br)ccc2N)n1. The van der Waals surface area contributed by atoms with Crippen molar-refractivity contribution in [1.29, 1.82) is 0 Å². The lowest BCUT2D eigenvalue weighted by Gasteiger charge is -2.04. The third kappa shape index (κ3) is 2.92. The molecule has 0 aliphatic carbocycles. The summed E-state index contributed by atoms with van der Waals surface area (Å²) in [5.74, 6) is -0.00171. The van der Waals surface area contributed by atoms with E-state index in [0.717, 1.165) is 15.2 Å². The zero-order chi connectivity index (χ0) is 12.4. The molecule has 3 nitrogen and oxygen atoms in total. The number of nitrogen functional groups attached to an aromatic ring is 1. The fourth-order valence-corrected chi connectivity index (χ4v) is 2.62. The van der Waals surface area contributed by atoms with Gasteiger partial charge in [-0.2, -0.15) is 0 Å². The van der Waals surface area contributed by atoms with Gasteiger partial charge in [0.15, 0.2) is 5.78 Å². The first-order valence-corrected chi connectivity index (χ1v) is 6.73. The Kier molecular flexibility index (Phi) is 3.59. The number of halogens is 1. The number of carbonyl (C=O) groups is 1. The number of carbonyl (C=O) groups excluding carboxylic acids is 1. The lowest BCUT2D eigenvalue weighted by atomic mass is 10.1. The van der Waals surface area contributed by atoms with Crippen LogP contribution in [-0.2, 0) is 6.42 Å². The van der Waals surface area contributed by atoms with Gasteiger partial charge in [0.05, 0.1) is 6.42 Å². The van der Waals surface area contributed by atoms with E-state index in [0.29, 0.717) is 17.7 Å². The zero-order valence-corrected chi connectivity index (χ0v) is 11.6. The Hall–Kier alpha value is -1.20. The summed E-state index contributed by atoms with van der Waals surface area (Å²) in [7, 11) is 0. The maximum Gasteiger partial charge on any atom is 0.171 e. The molecule has 0 aliphatic heterocycles. The average Bonchev–Trinajstić information content (AvgIpc) is 2.67. The normalized spacial score (nSPS) is 10.5. The summed E-state index contributed by atoms with van der Waals surface area (Å²) in [4.78, 5) is 16.3. The van der Waals surface area contributed by atoms with Gasteiger partial charge in [0, 0.05) is 26.8 Å². The number of rotatable bonds is 3. The number of nitrogens with two attached hydrogens (primary N) is 1. The van der Waals surface area contributed by atoms with E-state index in [1.165, 1.54) is 11.3 Å². The number of hydrogen-bond acceptors (Lipinski definition) is 4. The number of hydrogen-bond donors (Lipinski definition) is 1. The first-order chi connectivity index (χ1) is 8.06. The quantitative estimate of drug-likeness (QED) is 0.699. The average molecular weight is 311 g/mol. The van der Waals surface area contributed by atoms with Crippen LogP contribution in [0.3, 0.4) is 0 Å². The van der Waals surface area contributed by atoms with Crippen LogP contribution >= 0.6 is 27.3 Å². The molecule has 0 aliphatic rings. The van der Waals surface area contributed by atoms with E-state index in [2.05, 4.69) is 20.9 Å². The van der Waals surface area contributed by atoms with Crippen molar-refractivity contribution >= 4 is 38.7 Å². The second kappa shape index (κ2) is 4.98. The molecule has 2 N–H and O–H groups in total. The Balaban J connectivity index is 2.22. The Morgan fingerprint density at radius 3 is 2.94 bits per heavy atom. The number of aromatic nitrogens is 1. The smallest absolute Gasteiger partial charge is 0.171 e. The van der Waals surface area contributed by atoms with E-state index in [1.807, 2.05) is 18.4 Å².